The first-order chi connectivity index (χ1) is 9.46. The molecule has 112 valence electrons. The SMILES string of the molecule is Cc1nc(C)c(S(=O)(=O)N2CCN(CC3CC3)CC2)s1. The van der Waals surface area contributed by atoms with Crippen molar-refractivity contribution in [3.63, 3.8) is 0 Å². The third kappa shape index (κ3) is 2.90. The smallest absolute Gasteiger partial charge is 0.254 e. The Morgan fingerprint density at radius 3 is 2.35 bits per heavy atom. The van der Waals surface area contributed by atoms with E-state index < -0.39 is 10.0 Å². The molecule has 0 radical (unpaired) electrons. The number of sulfonamides is 1. The van der Waals surface area contributed by atoms with E-state index in [2.05, 4.69) is 9.88 Å². The summed E-state index contributed by atoms with van der Waals surface area (Å²) in [6, 6.07) is 0. The van der Waals surface area contributed by atoms with Crippen molar-refractivity contribution >= 4 is 21.4 Å². The average molecular weight is 315 g/mol. The fourth-order valence-electron chi connectivity index (χ4n) is 2.69. The van der Waals surface area contributed by atoms with Crippen molar-refractivity contribution in [1.82, 2.24) is 14.2 Å². The average Bonchev–Trinajstić information content (AvgIpc) is 3.13. The number of nitrogens with zero attached hydrogens (tertiary/aromatic N) is 3. The number of hydrogen-bond donors (Lipinski definition) is 0. The third-order valence-electron chi connectivity index (χ3n) is 3.98. The van der Waals surface area contributed by atoms with Gasteiger partial charge in [0.25, 0.3) is 10.0 Å². The van der Waals surface area contributed by atoms with E-state index in [9.17, 15) is 8.42 Å². The van der Waals surface area contributed by atoms with Crippen molar-refractivity contribution in [3.8, 4) is 0 Å². The molecule has 1 aliphatic carbocycles. The van der Waals surface area contributed by atoms with Gasteiger partial charge < -0.3 is 4.90 Å². The molecular weight excluding hydrogens is 294 g/mol. The van der Waals surface area contributed by atoms with Crippen LogP contribution in [-0.4, -0.2) is 55.3 Å². The highest BCUT2D eigenvalue weighted by Gasteiger charge is 2.33. The Morgan fingerprint density at radius 2 is 1.85 bits per heavy atom. The summed E-state index contributed by atoms with van der Waals surface area (Å²) in [7, 11) is -3.35. The summed E-state index contributed by atoms with van der Waals surface area (Å²) in [6.45, 7) is 7.69. The van der Waals surface area contributed by atoms with Gasteiger partial charge in [-0.3, -0.25) is 0 Å². The molecule has 7 heteroatoms. The zero-order valence-corrected chi connectivity index (χ0v) is 13.6. The van der Waals surface area contributed by atoms with E-state index in [1.807, 2.05) is 6.92 Å². The summed E-state index contributed by atoms with van der Waals surface area (Å²) in [5, 5.41) is 0.813. The van der Waals surface area contributed by atoms with Gasteiger partial charge in [0, 0.05) is 32.7 Å². The second kappa shape index (κ2) is 5.36. The lowest BCUT2D eigenvalue weighted by atomic mass is 10.3. The van der Waals surface area contributed by atoms with Crippen molar-refractivity contribution in [2.24, 2.45) is 5.92 Å². The minimum absolute atomic E-state index is 0.422. The molecule has 1 aromatic heterocycles. The number of rotatable bonds is 4. The van der Waals surface area contributed by atoms with Crippen molar-refractivity contribution in [2.75, 3.05) is 32.7 Å². The molecule has 1 saturated carbocycles. The molecule has 2 heterocycles. The van der Waals surface area contributed by atoms with Gasteiger partial charge in [-0.05, 0) is 32.6 Å². The van der Waals surface area contributed by atoms with Gasteiger partial charge in [-0.25, -0.2) is 13.4 Å². The molecule has 2 fully saturated rings. The van der Waals surface area contributed by atoms with Crippen molar-refractivity contribution in [3.05, 3.63) is 10.7 Å². The van der Waals surface area contributed by atoms with Gasteiger partial charge in [0.1, 0.15) is 0 Å². The van der Waals surface area contributed by atoms with Crippen molar-refractivity contribution < 1.29 is 8.42 Å². The highest BCUT2D eigenvalue weighted by molar-refractivity contribution is 7.91. The topological polar surface area (TPSA) is 53.5 Å². The van der Waals surface area contributed by atoms with E-state index in [-0.39, 0.29) is 0 Å². The number of aromatic nitrogens is 1. The summed E-state index contributed by atoms with van der Waals surface area (Å²) < 4.78 is 27.3. The largest absolute Gasteiger partial charge is 0.300 e. The molecule has 0 unspecified atom stereocenters. The second-order valence-corrected chi connectivity index (χ2v) is 9.09. The molecule has 0 N–H and O–H groups in total. The van der Waals surface area contributed by atoms with Crippen LogP contribution in [0.5, 0.6) is 0 Å². The van der Waals surface area contributed by atoms with Gasteiger partial charge in [0.15, 0.2) is 4.21 Å². The molecule has 1 aliphatic heterocycles. The van der Waals surface area contributed by atoms with Gasteiger partial charge in [0.05, 0.1) is 10.7 Å². The summed E-state index contributed by atoms with van der Waals surface area (Å²) in [5.41, 5.74) is 0.632. The first-order valence-corrected chi connectivity index (χ1v) is 9.39. The maximum Gasteiger partial charge on any atom is 0.254 e. The van der Waals surface area contributed by atoms with Crippen LogP contribution in [0.4, 0.5) is 0 Å². The minimum Gasteiger partial charge on any atom is -0.300 e. The zero-order chi connectivity index (χ0) is 14.3. The number of piperazine rings is 1. The Kier molecular flexibility index (Phi) is 3.87. The summed E-state index contributed by atoms with van der Waals surface area (Å²) >= 11 is 1.28. The Balaban J connectivity index is 1.68. The fourth-order valence-corrected chi connectivity index (χ4v) is 5.73. The molecule has 0 bridgehead atoms. The predicted molar refractivity (Wildman–Crippen MR) is 79.5 cm³/mol. The minimum atomic E-state index is -3.35. The van der Waals surface area contributed by atoms with Crippen LogP contribution in [0.25, 0.3) is 0 Å². The van der Waals surface area contributed by atoms with Crippen LogP contribution in [-0.2, 0) is 10.0 Å². The van der Waals surface area contributed by atoms with Gasteiger partial charge >= 0.3 is 0 Å². The molecule has 0 spiro atoms. The van der Waals surface area contributed by atoms with E-state index in [0.29, 0.717) is 23.0 Å². The Morgan fingerprint density at radius 1 is 1.20 bits per heavy atom. The predicted octanol–water partition coefficient (Wildman–Crippen LogP) is 1.48. The van der Waals surface area contributed by atoms with E-state index >= 15 is 0 Å². The fraction of sp³-hybridized carbons (Fsp3) is 0.769. The molecule has 3 rings (SSSR count). The normalized spacial score (nSPS) is 22.3. The van der Waals surface area contributed by atoms with E-state index in [4.69, 9.17) is 0 Å². The molecule has 5 nitrogen and oxygen atoms in total. The monoisotopic (exact) mass is 315 g/mol. The lowest BCUT2D eigenvalue weighted by Gasteiger charge is -2.33. The maximum absolute atomic E-state index is 12.6. The second-order valence-electron chi connectivity index (χ2n) is 5.75. The molecule has 1 saturated heterocycles. The van der Waals surface area contributed by atoms with Gasteiger partial charge in [-0.2, -0.15) is 4.31 Å². The van der Waals surface area contributed by atoms with Crippen LogP contribution in [0.1, 0.15) is 23.5 Å². The summed E-state index contributed by atoms with van der Waals surface area (Å²) in [6.07, 6.45) is 2.69. The third-order valence-corrected chi connectivity index (χ3v) is 7.54. The molecule has 0 aromatic carbocycles. The van der Waals surface area contributed by atoms with Crippen LogP contribution in [0, 0.1) is 19.8 Å². The number of aryl methyl sites for hydroxylation is 2. The van der Waals surface area contributed by atoms with Crippen LogP contribution < -0.4 is 0 Å². The highest BCUT2D eigenvalue weighted by atomic mass is 32.2. The lowest BCUT2D eigenvalue weighted by Crippen LogP contribution is -2.48. The van der Waals surface area contributed by atoms with Crippen LogP contribution in [0.2, 0.25) is 0 Å². The summed E-state index contributed by atoms with van der Waals surface area (Å²) in [5.74, 6) is 0.865. The lowest BCUT2D eigenvalue weighted by molar-refractivity contribution is 0.182. The molecule has 0 amide bonds. The van der Waals surface area contributed by atoms with Crippen LogP contribution in [0.3, 0.4) is 0 Å². The van der Waals surface area contributed by atoms with Crippen LogP contribution >= 0.6 is 11.3 Å². The molecule has 1 aromatic rings. The molecule has 0 atom stereocenters. The van der Waals surface area contributed by atoms with Gasteiger partial charge in [-0.1, -0.05) is 0 Å². The van der Waals surface area contributed by atoms with Crippen molar-refractivity contribution in [1.29, 1.82) is 0 Å². The van der Waals surface area contributed by atoms with Crippen LogP contribution in [0.15, 0.2) is 4.21 Å². The Hall–Kier alpha value is -0.500. The van der Waals surface area contributed by atoms with E-state index in [1.165, 1.54) is 24.2 Å². The zero-order valence-electron chi connectivity index (χ0n) is 12.0. The Labute approximate surface area is 124 Å². The highest BCUT2D eigenvalue weighted by Crippen LogP contribution is 2.31. The van der Waals surface area contributed by atoms with Gasteiger partial charge in [-0.15, -0.1) is 11.3 Å². The molecule has 20 heavy (non-hydrogen) atoms. The van der Waals surface area contributed by atoms with Gasteiger partial charge in [0.2, 0.25) is 0 Å². The first kappa shape index (κ1) is 14.4. The van der Waals surface area contributed by atoms with E-state index in [1.54, 1.807) is 11.2 Å². The quantitative estimate of drug-likeness (QED) is 0.844. The number of thiazole rings is 1. The van der Waals surface area contributed by atoms with E-state index in [0.717, 1.165) is 30.6 Å². The maximum atomic E-state index is 12.6. The Bertz CT molecular complexity index is 585. The number of hydrogen-bond acceptors (Lipinski definition) is 5. The summed E-state index contributed by atoms with van der Waals surface area (Å²) in [4.78, 5) is 6.63. The molecular formula is C13H21N3O2S2. The standard InChI is InChI=1S/C13H21N3O2S2/c1-10-13(19-11(2)14-10)20(17,18)16-7-5-15(6-8-16)9-12-3-4-12/h12H,3-9H2,1-2H3. The van der Waals surface area contributed by atoms with Crippen molar-refractivity contribution in [2.45, 2.75) is 30.9 Å². The molecule has 2 aliphatic rings. The first-order valence-electron chi connectivity index (χ1n) is 7.13.